The molecule has 8 heteroatoms. The maximum Gasteiger partial charge on any atom is 0.234 e. The van der Waals surface area contributed by atoms with Crippen LogP contribution in [0.5, 0.6) is 0 Å². The second kappa shape index (κ2) is 6.40. The molecule has 0 saturated heterocycles. The summed E-state index contributed by atoms with van der Waals surface area (Å²) in [7, 11) is 0. The zero-order chi connectivity index (χ0) is 14.7. The first kappa shape index (κ1) is 14.3. The van der Waals surface area contributed by atoms with Crippen LogP contribution in [0.25, 0.3) is 0 Å². The van der Waals surface area contributed by atoms with Crippen LogP contribution in [0.1, 0.15) is 12.8 Å². The molecule has 1 aliphatic carbocycles. The van der Waals surface area contributed by atoms with E-state index < -0.39 is 0 Å². The molecule has 1 aromatic carbocycles. The Morgan fingerprint density at radius 1 is 1.33 bits per heavy atom. The van der Waals surface area contributed by atoms with E-state index >= 15 is 0 Å². The average Bonchev–Trinajstić information content (AvgIpc) is 3.16. The number of hydrogen-bond donors (Lipinski definition) is 2. The molecule has 21 heavy (non-hydrogen) atoms. The summed E-state index contributed by atoms with van der Waals surface area (Å²) < 4.78 is 13.5. The number of nitrogens with zero attached hydrogens (tertiary/aromatic N) is 2. The zero-order valence-corrected chi connectivity index (χ0v) is 12.6. The maximum absolute atomic E-state index is 12.8. The van der Waals surface area contributed by atoms with Crippen LogP contribution in [0, 0.1) is 5.82 Å². The van der Waals surface area contributed by atoms with Gasteiger partial charge in [0.2, 0.25) is 11.0 Å². The van der Waals surface area contributed by atoms with Gasteiger partial charge < -0.3 is 10.6 Å². The SMILES string of the molecule is O=C(CSc1nnc(NC2CC2)s1)Nc1ccc(F)cc1. The van der Waals surface area contributed by atoms with E-state index in [2.05, 4.69) is 20.8 Å². The smallest absolute Gasteiger partial charge is 0.234 e. The van der Waals surface area contributed by atoms with Gasteiger partial charge in [0.05, 0.1) is 5.75 Å². The minimum Gasteiger partial charge on any atom is -0.357 e. The number of anilines is 2. The fraction of sp³-hybridized carbons (Fsp3) is 0.308. The Morgan fingerprint density at radius 3 is 2.81 bits per heavy atom. The van der Waals surface area contributed by atoms with Crippen molar-refractivity contribution >= 4 is 39.8 Å². The minimum absolute atomic E-state index is 0.154. The second-order valence-electron chi connectivity index (χ2n) is 4.64. The number of benzene rings is 1. The molecule has 0 spiro atoms. The van der Waals surface area contributed by atoms with Gasteiger partial charge in [0.1, 0.15) is 5.82 Å². The van der Waals surface area contributed by atoms with Crippen molar-refractivity contribution < 1.29 is 9.18 Å². The van der Waals surface area contributed by atoms with Gasteiger partial charge in [-0.05, 0) is 37.1 Å². The fourth-order valence-corrected chi connectivity index (χ4v) is 3.22. The fourth-order valence-electron chi connectivity index (χ4n) is 1.59. The Kier molecular flexibility index (Phi) is 4.35. The Morgan fingerprint density at radius 2 is 2.10 bits per heavy atom. The molecule has 110 valence electrons. The van der Waals surface area contributed by atoms with Gasteiger partial charge in [-0.2, -0.15) is 0 Å². The van der Waals surface area contributed by atoms with Crippen LogP contribution in [0.15, 0.2) is 28.6 Å². The van der Waals surface area contributed by atoms with E-state index in [0.717, 1.165) is 9.47 Å². The lowest BCUT2D eigenvalue weighted by Gasteiger charge is -2.03. The van der Waals surface area contributed by atoms with E-state index in [0.29, 0.717) is 11.7 Å². The third-order valence-corrected chi connectivity index (χ3v) is 4.75. The van der Waals surface area contributed by atoms with Gasteiger partial charge in [0.15, 0.2) is 4.34 Å². The van der Waals surface area contributed by atoms with Crippen LogP contribution >= 0.6 is 23.1 Å². The number of nitrogens with one attached hydrogen (secondary N) is 2. The van der Waals surface area contributed by atoms with Gasteiger partial charge in [-0.3, -0.25) is 4.79 Å². The highest BCUT2D eigenvalue weighted by Gasteiger charge is 2.22. The van der Waals surface area contributed by atoms with Crippen molar-refractivity contribution in [3.05, 3.63) is 30.1 Å². The Bertz CT molecular complexity index is 627. The summed E-state index contributed by atoms with van der Waals surface area (Å²) >= 11 is 2.79. The minimum atomic E-state index is -0.327. The molecule has 1 aromatic heterocycles. The van der Waals surface area contributed by atoms with Gasteiger partial charge in [-0.1, -0.05) is 23.1 Å². The van der Waals surface area contributed by atoms with Crippen molar-refractivity contribution in [1.29, 1.82) is 0 Å². The second-order valence-corrected chi connectivity index (χ2v) is 6.84. The molecule has 1 heterocycles. The van der Waals surface area contributed by atoms with Crippen molar-refractivity contribution in [3.63, 3.8) is 0 Å². The molecule has 3 rings (SSSR count). The summed E-state index contributed by atoms with van der Waals surface area (Å²) in [6, 6.07) is 6.21. The third kappa shape index (κ3) is 4.40. The Labute approximate surface area is 129 Å². The molecule has 0 atom stereocenters. The van der Waals surface area contributed by atoms with Crippen LogP contribution in [-0.2, 0) is 4.79 Å². The van der Waals surface area contributed by atoms with Crippen LogP contribution < -0.4 is 10.6 Å². The number of carbonyl (C=O) groups is 1. The molecule has 1 amide bonds. The van der Waals surface area contributed by atoms with Crippen molar-refractivity contribution in [2.75, 3.05) is 16.4 Å². The highest BCUT2D eigenvalue weighted by molar-refractivity contribution is 8.01. The summed E-state index contributed by atoms with van der Waals surface area (Å²) in [5.41, 5.74) is 0.579. The Balaban J connectivity index is 1.46. The molecule has 0 aliphatic heterocycles. The molecule has 0 bridgehead atoms. The van der Waals surface area contributed by atoms with Crippen LogP contribution in [0.2, 0.25) is 0 Å². The molecular formula is C13H13FN4OS2. The molecule has 1 aliphatic rings. The molecule has 0 unspecified atom stereocenters. The largest absolute Gasteiger partial charge is 0.357 e. The summed E-state index contributed by atoms with van der Waals surface area (Å²) in [6.45, 7) is 0. The number of amides is 1. The topological polar surface area (TPSA) is 66.9 Å². The molecule has 2 aromatic rings. The van der Waals surface area contributed by atoms with E-state index in [4.69, 9.17) is 0 Å². The lowest BCUT2D eigenvalue weighted by Crippen LogP contribution is -2.13. The van der Waals surface area contributed by atoms with E-state index in [-0.39, 0.29) is 17.5 Å². The molecule has 2 N–H and O–H groups in total. The molecule has 5 nitrogen and oxygen atoms in total. The quantitative estimate of drug-likeness (QED) is 0.800. The molecular weight excluding hydrogens is 311 g/mol. The number of carbonyl (C=O) groups excluding carboxylic acids is 1. The first-order chi connectivity index (χ1) is 10.2. The van der Waals surface area contributed by atoms with E-state index in [1.54, 1.807) is 0 Å². The number of rotatable bonds is 6. The lowest BCUT2D eigenvalue weighted by atomic mass is 10.3. The molecule has 1 saturated carbocycles. The van der Waals surface area contributed by atoms with Crippen LogP contribution in [0.3, 0.4) is 0 Å². The number of thioether (sulfide) groups is 1. The standard InChI is InChI=1S/C13H13FN4OS2/c14-8-1-3-9(4-2-8)15-11(19)7-20-13-18-17-12(21-13)16-10-5-6-10/h1-4,10H,5-7H2,(H,15,19)(H,16,17). The summed E-state index contributed by atoms with van der Waals surface area (Å²) in [5, 5.41) is 14.8. The van der Waals surface area contributed by atoms with Crippen molar-refractivity contribution in [2.45, 2.75) is 23.2 Å². The number of halogens is 1. The van der Waals surface area contributed by atoms with E-state index in [9.17, 15) is 9.18 Å². The lowest BCUT2D eigenvalue weighted by molar-refractivity contribution is -0.113. The van der Waals surface area contributed by atoms with Gasteiger partial charge in [0, 0.05) is 11.7 Å². The summed E-state index contributed by atoms with van der Waals surface area (Å²) in [4.78, 5) is 11.8. The third-order valence-electron chi connectivity index (χ3n) is 2.77. The molecule has 0 radical (unpaired) electrons. The van der Waals surface area contributed by atoms with Crippen molar-refractivity contribution in [3.8, 4) is 0 Å². The summed E-state index contributed by atoms with van der Waals surface area (Å²) in [6.07, 6.45) is 2.37. The summed E-state index contributed by atoms with van der Waals surface area (Å²) in [5.74, 6) is -0.236. The molecule has 1 fully saturated rings. The van der Waals surface area contributed by atoms with Crippen molar-refractivity contribution in [1.82, 2.24) is 10.2 Å². The van der Waals surface area contributed by atoms with Crippen LogP contribution in [0.4, 0.5) is 15.2 Å². The van der Waals surface area contributed by atoms with E-state index in [1.807, 2.05) is 0 Å². The average molecular weight is 324 g/mol. The number of aromatic nitrogens is 2. The highest BCUT2D eigenvalue weighted by atomic mass is 32.2. The highest BCUT2D eigenvalue weighted by Crippen LogP contribution is 2.30. The van der Waals surface area contributed by atoms with Gasteiger partial charge in [0.25, 0.3) is 0 Å². The maximum atomic E-state index is 12.8. The van der Waals surface area contributed by atoms with Gasteiger partial charge in [-0.25, -0.2) is 4.39 Å². The first-order valence-electron chi connectivity index (χ1n) is 6.47. The predicted molar refractivity (Wildman–Crippen MR) is 82.3 cm³/mol. The monoisotopic (exact) mass is 324 g/mol. The van der Waals surface area contributed by atoms with Crippen molar-refractivity contribution in [2.24, 2.45) is 0 Å². The zero-order valence-electron chi connectivity index (χ0n) is 11.0. The first-order valence-corrected chi connectivity index (χ1v) is 8.27. The van der Waals surface area contributed by atoms with Crippen LogP contribution in [-0.4, -0.2) is 27.9 Å². The normalized spacial score (nSPS) is 14.0. The van der Waals surface area contributed by atoms with Gasteiger partial charge >= 0.3 is 0 Å². The van der Waals surface area contributed by atoms with E-state index in [1.165, 1.54) is 60.2 Å². The Hall–Kier alpha value is -1.67. The predicted octanol–water partition coefficient (Wildman–Crippen LogP) is 2.98. The number of hydrogen-bond acceptors (Lipinski definition) is 6. The van der Waals surface area contributed by atoms with Gasteiger partial charge in [-0.15, -0.1) is 10.2 Å².